The van der Waals surface area contributed by atoms with E-state index in [4.69, 9.17) is 5.11 Å². The van der Waals surface area contributed by atoms with Crippen LogP contribution in [0.4, 0.5) is 0 Å². The summed E-state index contributed by atoms with van der Waals surface area (Å²) in [4.78, 5) is 24.3. The first kappa shape index (κ1) is 14.9. The highest BCUT2D eigenvalue weighted by atomic mass is 32.2. The molecule has 0 bridgehead atoms. The first-order valence-corrected chi connectivity index (χ1v) is 7.63. The van der Waals surface area contributed by atoms with Gasteiger partial charge in [-0.25, -0.2) is 8.42 Å². The Balaban J connectivity index is 2.82. The van der Waals surface area contributed by atoms with Crippen molar-refractivity contribution in [3.05, 3.63) is 0 Å². The molecule has 7 heteroatoms. The summed E-state index contributed by atoms with van der Waals surface area (Å²) in [6, 6.07) is 0. The Bertz CT molecular complexity index is 425. The number of hydrogen-bond acceptors (Lipinski definition) is 4. The van der Waals surface area contributed by atoms with Crippen molar-refractivity contribution in [3.8, 4) is 0 Å². The van der Waals surface area contributed by atoms with Crippen molar-refractivity contribution in [1.29, 1.82) is 0 Å². The molecule has 104 valence electrons. The zero-order valence-corrected chi connectivity index (χ0v) is 11.4. The highest BCUT2D eigenvalue weighted by Crippen LogP contribution is 2.16. The highest BCUT2D eigenvalue weighted by molar-refractivity contribution is 7.94. The van der Waals surface area contributed by atoms with Gasteiger partial charge in [-0.3, -0.25) is 9.59 Å². The monoisotopic (exact) mass is 277 g/mol. The molecule has 0 aromatic carbocycles. The van der Waals surface area contributed by atoms with Gasteiger partial charge in [0.05, 0.1) is 0 Å². The summed E-state index contributed by atoms with van der Waals surface area (Å²) in [7, 11) is -3.98. The molecule has 1 aliphatic heterocycles. The van der Waals surface area contributed by atoms with Crippen LogP contribution >= 0.6 is 0 Å². The average molecular weight is 277 g/mol. The molecule has 0 spiro atoms. The number of amides is 1. The molecule has 1 N–H and O–H groups in total. The molecule has 1 saturated heterocycles. The maximum absolute atomic E-state index is 12.0. The van der Waals surface area contributed by atoms with Gasteiger partial charge in [-0.05, 0) is 33.1 Å². The van der Waals surface area contributed by atoms with E-state index in [-0.39, 0.29) is 0 Å². The molecule has 18 heavy (non-hydrogen) atoms. The van der Waals surface area contributed by atoms with Crippen LogP contribution in [0.2, 0.25) is 0 Å². The van der Waals surface area contributed by atoms with E-state index in [2.05, 4.69) is 0 Å². The summed E-state index contributed by atoms with van der Waals surface area (Å²) >= 11 is 0. The van der Waals surface area contributed by atoms with Crippen molar-refractivity contribution in [2.24, 2.45) is 0 Å². The zero-order valence-electron chi connectivity index (χ0n) is 10.6. The molecule has 2 atom stereocenters. The van der Waals surface area contributed by atoms with Crippen LogP contribution in [0.15, 0.2) is 0 Å². The predicted molar refractivity (Wildman–Crippen MR) is 65.9 cm³/mol. The number of likely N-dealkylation sites (tertiary alicyclic amines) is 1. The number of nitrogens with zero attached hydrogens (tertiary/aromatic N) is 1. The Hall–Kier alpha value is -1.11. The van der Waals surface area contributed by atoms with E-state index in [1.54, 1.807) is 0 Å². The second-order valence-electron chi connectivity index (χ2n) is 4.60. The third-order valence-corrected chi connectivity index (χ3v) is 5.72. The Kier molecular flexibility index (Phi) is 4.72. The first-order chi connectivity index (χ1) is 8.28. The molecule has 6 nitrogen and oxygen atoms in total. The second kappa shape index (κ2) is 5.69. The molecule has 0 aromatic heterocycles. The maximum atomic E-state index is 12.0. The lowest BCUT2D eigenvalue weighted by molar-refractivity contribution is -0.136. The number of aliphatic carboxylic acids is 1. The average Bonchev–Trinajstić information content (AvgIpc) is 2.36. The van der Waals surface area contributed by atoms with Gasteiger partial charge < -0.3 is 10.0 Å². The topological polar surface area (TPSA) is 91.7 Å². The van der Waals surface area contributed by atoms with E-state index >= 15 is 0 Å². The van der Waals surface area contributed by atoms with Crippen LogP contribution in [0.5, 0.6) is 0 Å². The van der Waals surface area contributed by atoms with Crippen LogP contribution in [-0.2, 0) is 19.4 Å². The second-order valence-corrected chi connectivity index (χ2v) is 7.19. The standard InChI is InChI=1S/C11H19NO5S/c1-8(18(16,17)9(2)11(14)15)10(13)12-6-4-3-5-7-12/h8-9H,3-7H2,1-2H3,(H,14,15). The van der Waals surface area contributed by atoms with E-state index < -0.39 is 32.2 Å². The van der Waals surface area contributed by atoms with Gasteiger partial charge in [0.15, 0.2) is 15.1 Å². The van der Waals surface area contributed by atoms with Crippen LogP contribution < -0.4 is 0 Å². The number of hydrogen-bond donors (Lipinski definition) is 1. The van der Waals surface area contributed by atoms with Crippen LogP contribution in [-0.4, -0.2) is 53.9 Å². The summed E-state index contributed by atoms with van der Waals surface area (Å²) in [5.74, 6) is -1.91. The molecular formula is C11H19NO5S. The van der Waals surface area contributed by atoms with Crippen LogP contribution in [0, 0.1) is 0 Å². The third kappa shape index (κ3) is 3.01. The van der Waals surface area contributed by atoms with E-state index in [9.17, 15) is 18.0 Å². The predicted octanol–water partition coefficient (Wildman–Crippen LogP) is 0.275. The van der Waals surface area contributed by atoms with E-state index in [1.807, 2.05) is 0 Å². The quantitative estimate of drug-likeness (QED) is 0.796. The number of rotatable bonds is 4. The van der Waals surface area contributed by atoms with Gasteiger partial charge >= 0.3 is 5.97 Å². The summed E-state index contributed by atoms with van der Waals surface area (Å²) < 4.78 is 23.9. The Morgan fingerprint density at radius 1 is 1.06 bits per heavy atom. The number of carboxylic acids is 1. The number of piperidine rings is 1. The van der Waals surface area contributed by atoms with E-state index in [1.165, 1.54) is 11.8 Å². The van der Waals surface area contributed by atoms with Gasteiger partial charge in [-0.2, -0.15) is 0 Å². The minimum atomic E-state index is -3.98. The summed E-state index contributed by atoms with van der Waals surface area (Å²) in [6.45, 7) is 3.48. The van der Waals surface area contributed by atoms with E-state index in [0.29, 0.717) is 13.1 Å². The van der Waals surface area contributed by atoms with Gasteiger partial charge in [-0.1, -0.05) is 0 Å². The van der Waals surface area contributed by atoms with Gasteiger partial charge in [-0.15, -0.1) is 0 Å². The van der Waals surface area contributed by atoms with Crippen LogP contribution in [0.25, 0.3) is 0 Å². The van der Waals surface area contributed by atoms with Crippen molar-refractivity contribution >= 4 is 21.7 Å². The van der Waals surface area contributed by atoms with Crippen molar-refractivity contribution in [3.63, 3.8) is 0 Å². The van der Waals surface area contributed by atoms with Gasteiger partial charge in [0, 0.05) is 13.1 Å². The lowest BCUT2D eigenvalue weighted by Gasteiger charge is -2.29. The molecule has 1 heterocycles. The lowest BCUT2D eigenvalue weighted by Crippen LogP contribution is -2.47. The fourth-order valence-electron chi connectivity index (χ4n) is 1.96. The Labute approximate surface area is 107 Å². The fraction of sp³-hybridized carbons (Fsp3) is 0.818. The molecular weight excluding hydrogens is 258 g/mol. The third-order valence-electron chi connectivity index (χ3n) is 3.35. The molecule has 2 unspecified atom stereocenters. The molecule has 1 aliphatic rings. The van der Waals surface area contributed by atoms with E-state index in [0.717, 1.165) is 26.2 Å². The van der Waals surface area contributed by atoms with Crippen LogP contribution in [0.1, 0.15) is 33.1 Å². The highest BCUT2D eigenvalue weighted by Gasteiger charge is 2.39. The molecule has 1 rings (SSSR count). The van der Waals surface area contributed by atoms with Crippen molar-refractivity contribution < 1.29 is 23.1 Å². The summed E-state index contributed by atoms with van der Waals surface area (Å²) in [5, 5.41) is 5.91. The molecule has 0 aliphatic carbocycles. The minimum absolute atomic E-state index is 0.484. The SMILES string of the molecule is CC(C(=O)O)S(=O)(=O)C(C)C(=O)N1CCCCC1. The number of carbonyl (C=O) groups excluding carboxylic acids is 1. The lowest BCUT2D eigenvalue weighted by atomic mass is 10.1. The molecule has 1 fully saturated rings. The van der Waals surface area contributed by atoms with Crippen molar-refractivity contribution in [2.75, 3.05) is 13.1 Å². The van der Waals surface area contributed by atoms with Gasteiger partial charge in [0.2, 0.25) is 5.91 Å². The first-order valence-electron chi connectivity index (χ1n) is 6.02. The number of carboxylic acid groups (broad SMARTS) is 1. The summed E-state index contributed by atoms with van der Waals surface area (Å²) in [5.41, 5.74) is 0. The molecule has 0 aromatic rings. The van der Waals surface area contributed by atoms with Gasteiger partial charge in [0.25, 0.3) is 0 Å². The largest absolute Gasteiger partial charge is 0.480 e. The molecule has 0 saturated carbocycles. The van der Waals surface area contributed by atoms with Crippen molar-refractivity contribution in [1.82, 2.24) is 4.90 Å². The number of sulfone groups is 1. The van der Waals surface area contributed by atoms with Crippen molar-refractivity contribution in [2.45, 2.75) is 43.6 Å². The smallest absolute Gasteiger partial charge is 0.321 e. The van der Waals surface area contributed by atoms with Gasteiger partial charge in [0.1, 0.15) is 5.25 Å². The maximum Gasteiger partial charge on any atom is 0.321 e. The fourth-order valence-corrected chi connectivity index (χ4v) is 3.28. The normalized spacial score (nSPS) is 20.2. The minimum Gasteiger partial charge on any atom is -0.480 e. The molecule has 0 radical (unpaired) electrons. The molecule has 1 amide bonds. The van der Waals surface area contributed by atoms with Crippen LogP contribution in [0.3, 0.4) is 0 Å². The summed E-state index contributed by atoms with van der Waals surface area (Å²) in [6.07, 6.45) is 2.77. The number of carbonyl (C=O) groups is 2. The Morgan fingerprint density at radius 2 is 1.56 bits per heavy atom. The zero-order chi connectivity index (χ0) is 13.9. The Morgan fingerprint density at radius 3 is 2.00 bits per heavy atom.